The van der Waals surface area contributed by atoms with Gasteiger partial charge in [0.2, 0.25) is 0 Å². The largest absolute Gasteiger partial charge is 0.796 e. The third-order valence-electron chi connectivity index (χ3n) is 3.30. The second-order valence-corrected chi connectivity index (χ2v) is 5.74. The van der Waals surface area contributed by atoms with Crippen LogP contribution in [0.4, 0.5) is 0 Å². The second kappa shape index (κ2) is 23.8. The van der Waals surface area contributed by atoms with Crippen LogP contribution in [0.2, 0.25) is 0 Å². The number of carbonyl (C=O) groups excluding carboxylic acids is 1. The van der Waals surface area contributed by atoms with Crippen LogP contribution in [0.15, 0.2) is 23.1 Å². The summed E-state index contributed by atoms with van der Waals surface area (Å²) in [6, 6.07) is 3.34. The number of rotatable bonds is 9. The van der Waals surface area contributed by atoms with E-state index in [2.05, 4.69) is 25.0 Å². The third kappa shape index (κ3) is 20.5. The Morgan fingerprint density at radius 3 is 2.31 bits per heavy atom. The molecule has 29 heavy (non-hydrogen) atoms. The summed E-state index contributed by atoms with van der Waals surface area (Å²) in [4.78, 5) is 26.8. The monoisotopic (exact) mass is 603 g/mol. The zero-order valence-corrected chi connectivity index (χ0v) is 22.8. The van der Waals surface area contributed by atoms with Gasteiger partial charge in [0, 0.05) is 60.5 Å². The number of aliphatic hydroxyl groups is 1. The fraction of sp³-hybridized carbons (Fsp3) is 0.700. The molecule has 1 aromatic rings. The van der Waals surface area contributed by atoms with E-state index in [0.29, 0.717) is 12.8 Å². The van der Waals surface area contributed by atoms with Gasteiger partial charge in [0.15, 0.2) is 12.6 Å². The number of pyridine rings is 1. The van der Waals surface area contributed by atoms with Crippen molar-refractivity contribution < 1.29 is 40.5 Å². The second-order valence-electron chi connectivity index (χ2n) is 5.74. The topological polar surface area (TPSA) is 89.8 Å². The van der Waals surface area contributed by atoms with Crippen LogP contribution >= 0.6 is 0 Å². The van der Waals surface area contributed by atoms with Crippen LogP contribution in [-0.2, 0) is 54.6 Å². The van der Waals surface area contributed by atoms with Crippen molar-refractivity contribution in [1.82, 2.24) is 10.0 Å². The molecule has 7 nitrogen and oxygen atoms in total. The van der Waals surface area contributed by atoms with Crippen LogP contribution in [0.1, 0.15) is 52.5 Å². The van der Waals surface area contributed by atoms with Gasteiger partial charge in [0.25, 0.3) is 5.56 Å². The average molecular weight is 603 g/mol. The number of aryl methyl sites for hydroxylation is 2. The number of hydrogen-bond acceptors (Lipinski definition) is 7. The molecule has 1 aromatic heterocycles. The van der Waals surface area contributed by atoms with Crippen molar-refractivity contribution in [1.29, 1.82) is 0 Å². The zero-order chi connectivity index (χ0) is 22.6. The Kier molecular flexibility index (Phi) is 29.4. The fourth-order valence-electron chi connectivity index (χ4n) is 1.79. The molecule has 0 aliphatic heterocycles. The maximum Gasteiger partial charge on any atom is 0.250 e. The van der Waals surface area contributed by atoms with E-state index in [1.54, 1.807) is 26.6 Å². The Morgan fingerprint density at radius 2 is 1.93 bits per heavy atom. The third-order valence-corrected chi connectivity index (χ3v) is 3.30. The molecule has 0 aliphatic carbocycles. The first-order chi connectivity index (χ1) is 13.3. The minimum Gasteiger partial charge on any atom is -0.796 e. The number of methoxy groups -OCH3 is 1. The first-order valence-electron chi connectivity index (χ1n) is 9.41. The molecule has 172 valence electrons. The van der Waals surface area contributed by atoms with Gasteiger partial charge >= 0.3 is 0 Å². The Labute approximate surface area is 196 Å². The molecule has 1 rings (SSSR count). The van der Waals surface area contributed by atoms with Gasteiger partial charge in [-0.15, -0.1) is 0 Å². The molecule has 0 radical (unpaired) electrons. The van der Waals surface area contributed by atoms with Gasteiger partial charge in [0.1, 0.15) is 5.60 Å². The molecular weight excluding hydrogens is 564 g/mol. The van der Waals surface area contributed by atoms with Crippen molar-refractivity contribution >= 4 is 18.9 Å². The number of ether oxygens (including phenoxy) is 1. The summed E-state index contributed by atoms with van der Waals surface area (Å²) in [6.07, 6.45) is 5.88. The van der Waals surface area contributed by atoms with Crippen LogP contribution < -0.4 is 11.0 Å². The van der Waals surface area contributed by atoms with Gasteiger partial charge < -0.3 is 31.8 Å². The molecule has 0 saturated heterocycles. The van der Waals surface area contributed by atoms with Crippen molar-refractivity contribution in [2.24, 2.45) is 0 Å². The Hall–Kier alpha value is -0.502. The van der Waals surface area contributed by atoms with E-state index in [0.717, 1.165) is 18.4 Å². The molecule has 9 heteroatoms. The number of hydrogen-bond donors (Lipinski definition) is 2. The molecule has 0 spiro atoms. The SMILES string of the molecule is CC.CCCC(OC)ONC.C[S-].Cc1ccn(CCC(C)(O)C=O)c(=O)c1.[W]. The van der Waals surface area contributed by atoms with Crippen molar-refractivity contribution in [3.8, 4) is 0 Å². The molecule has 2 N–H and O–H groups in total. The summed E-state index contributed by atoms with van der Waals surface area (Å²) < 4.78 is 6.42. The van der Waals surface area contributed by atoms with Crippen molar-refractivity contribution in [3.63, 3.8) is 0 Å². The van der Waals surface area contributed by atoms with Gasteiger partial charge in [-0.1, -0.05) is 27.2 Å². The predicted octanol–water partition coefficient (Wildman–Crippen LogP) is 2.59. The molecule has 2 unspecified atom stereocenters. The molecule has 0 aromatic carbocycles. The van der Waals surface area contributed by atoms with E-state index in [4.69, 9.17) is 9.57 Å². The maximum atomic E-state index is 11.4. The van der Waals surface area contributed by atoms with Gasteiger partial charge in [-0.3, -0.25) is 9.63 Å². The quantitative estimate of drug-likeness (QED) is 0.194. The van der Waals surface area contributed by atoms with Gasteiger partial charge in [-0.25, -0.2) is 5.48 Å². The molecule has 0 amide bonds. The Morgan fingerprint density at radius 1 is 1.38 bits per heavy atom. The normalized spacial score (nSPS) is 12.2. The van der Waals surface area contributed by atoms with E-state index in [9.17, 15) is 14.7 Å². The maximum absolute atomic E-state index is 11.4. The molecule has 0 aliphatic rings. The van der Waals surface area contributed by atoms with Crippen LogP contribution in [0.25, 0.3) is 0 Å². The first-order valence-corrected chi connectivity index (χ1v) is 10.2. The Balaban J connectivity index is -0.000000193. The number of nitrogens with one attached hydrogen (secondary N) is 1. The Bertz CT molecular complexity index is 536. The molecule has 1 heterocycles. The van der Waals surface area contributed by atoms with E-state index < -0.39 is 5.60 Å². The van der Waals surface area contributed by atoms with Gasteiger partial charge in [-0.05, 0) is 31.9 Å². The minimum absolute atomic E-state index is 0. The van der Waals surface area contributed by atoms with E-state index in [1.807, 2.05) is 26.8 Å². The van der Waals surface area contributed by atoms with Crippen molar-refractivity contribution in [2.45, 2.75) is 72.3 Å². The number of nitrogens with zero attached hydrogens (tertiary/aromatic N) is 1. The summed E-state index contributed by atoms with van der Waals surface area (Å²) in [5.41, 5.74) is 2.01. The first kappa shape index (κ1) is 35.9. The molecule has 0 bridgehead atoms. The van der Waals surface area contributed by atoms with E-state index >= 15 is 0 Å². The summed E-state index contributed by atoms with van der Waals surface area (Å²) in [6.45, 7) is 9.70. The molecule has 0 fully saturated rings. The van der Waals surface area contributed by atoms with Crippen molar-refractivity contribution in [3.05, 3.63) is 34.2 Å². The summed E-state index contributed by atoms with van der Waals surface area (Å²) in [5.74, 6) is 0. The smallest absolute Gasteiger partial charge is 0.250 e. The predicted molar refractivity (Wildman–Crippen MR) is 117 cm³/mol. The van der Waals surface area contributed by atoms with Crippen LogP contribution in [0.3, 0.4) is 0 Å². The molecule has 2 atom stereocenters. The van der Waals surface area contributed by atoms with Crippen LogP contribution in [0.5, 0.6) is 0 Å². The van der Waals surface area contributed by atoms with Gasteiger partial charge in [-0.2, -0.15) is 6.26 Å². The van der Waals surface area contributed by atoms with Crippen LogP contribution in [-0.4, -0.2) is 48.3 Å². The van der Waals surface area contributed by atoms with Crippen LogP contribution in [0, 0.1) is 6.92 Å². The summed E-state index contributed by atoms with van der Waals surface area (Å²) >= 11 is 4.08. The zero-order valence-electron chi connectivity index (χ0n) is 19.1. The van der Waals surface area contributed by atoms with E-state index in [-0.39, 0.29) is 39.3 Å². The van der Waals surface area contributed by atoms with Crippen molar-refractivity contribution in [2.75, 3.05) is 20.4 Å². The molecular formula is C20H39N2O5SW-. The minimum atomic E-state index is -1.36. The van der Waals surface area contributed by atoms with Gasteiger partial charge in [0.05, 0.1) is 0 Å². The summed E-state index contributed by atoms with van der Waals surface area (Å²) in [5, 5.41) is 9.45. The number of carbonyl (C=O) groups is 1. The average Bonchev–Trinajstić information content (AvgIpc) is 2.70. The fourth-order valence-corrected chi connectivity index (χ4v) is 1.79. The molecule has 0 saturated carbocycles. The number of aldehydes is 1. The van der Waals surface area contributed by atoms with E-state index in [1.165, 1.54) is 17.6 Å². The summed E-state index contributed by atoms with van der Waals surface area (Å²) in [7, 11) is 3.36. The standard InChI is InChI=1S/C11H15NO3.C6H15NO2.C2H6.CH4S.W/c1-9-3-5-12(10(14)7-9)6-4-11(2,15)8-13;1-4-5-6(8-3)9-7-2;2*1-2;/h3,5,7-8,15H,4,6H2,1-2H3;6-7H,4-5H2,1-3H3;1-2H3;2H,1H3;/p-1. The number of hydroxylamine groups is 1. The number of aromatic nitrogens is 1.